The van der Waals surface area contributed by atoms with Crippen molar-refractivity contribution in [3.05, 3.63) is 308 Å². The topological polar surface area (TPSA) is 79.1 Å². The second-order valence-corrected chi connectivity index (χ2v) is 44.1. The Kier molecular flexibility index (Phi) is 45.6. The number of methoxy groups -OCH3 is 1. The first-order valence-corrected chi connectivity index (χ1v) is 52.0. The number of halogens is 7. The smallest absolute Gasteiger partial charge is 0.391 e. The van der Waals surface area contributed by atoms with Crippen LogP contribution in [0, 0.1) is 29.4 Å². The minimum atomic E-state index is -4.07. The van der Waals surface area contributed by atoms with Crippen molar-refractivity contribution >= 4 is 23.2 Å². The lowest BCUT2D eigenvalue weighted by atomic mass is 9.76. The molecule has 2 N–H and O–H groups in total. The lowest BCUT2D eigenvalue weighted by Crippen LogP contribution is -2.48. The molecule has 5 atom stereocenters. The zero-order chi connectivity index (χ0) is 99.5. The third-order valence-electron chi connectivity index (χ3n) is 29.4. The number of benzene rings is 8. The maximum absolute atomic E-state index is 13.4. The standard InChI is InChI=1S/C28H39NO2.C26H34FNO.C24H37FN2.C21H29ClF3N.C17H20ClN.C4H10O/c1-28(2,25-9-11-26(30-3)12-10-25)21-27(24-7-5-4-6-8-24)29-17-13-22(14-18-29)23-15-19-31-20-16-23;1-20(2)18-23(19-26(3,4)21-10-12-22(27)13-11-21)28-16-14-25(15-17-28)29-24-8-6-5-7-9-24;1-19(2)17-23(18-24(3,4)20-7-9-21(25)10-8-20)27-15-11-22(12-16-27)26-13-5-6-14-26;1-15(2)13-19(26-11-9-17(10-12-26)21(23,24)25)14-20(3,4)16-5-7-18(22)8-6-16;1-17(2,14-8-10-15(18)11-9-14)12-16(19)13-6-4-3-5-7-13;1-3-5-4-2/h4-12,22-23,27H,13-21H2,1-3H3;5-13,18,23,25H,14-17,19H2,1-4H3;7-10,17,22-23H,5-6,11-16,18H2,1-4H3;5-8,13,17,19H,9-12,14H2,1-4H3;3-11,16H,12,19H2,1-2H3;3-4H2,1-2H3. The van der Waals surface area contributed by atoms with Gasteiger partial charge in [-0.05, 0) is 354 Å². The number of nitrogens with zero attached hydrogens (tertiary/aromatic N) is 5. The highest BCUT2D eigenvalue weighted by molar-refractivity contribution is 6.30. The number of likely N-dealkylation sites (tertiary alicyclic amines) is 5. The third kappa shape index (κ3) is 37.4. The first-order chi connectivity index (χ1) is 65.1. The molecule has 0 aliphatic carbocycles. The molecule has 6 heterocycles. The van der Waals surface area contributed by atoms with E-state index in [1.165, 1.54) is 146 Å². The molecule has 0 bridgehead atoms. The molecule has 0 amide bonds. The Bertz CT molecular complexity index is 4780. The fourth-order valence-electron chi connectivity index (χ4n) is 21.2. The van der Waals surface area contributed by atoms with E-state index in [0.29, 0.717) is 36.2 Å². The molecule has 5 unspecified atom stereocenters. The van der Waals surface area contributed by atoms with Crippen LogP contribution in [-0.2, 0) is 36.5 Å². The third-order valence-corrected chi connectivity index (χ3v) is 29.9. The highest BCUT2D eigenvalue weighted by Gasteiger charge is 2.43. The van der Waals surface area contributed by atoms with Crippen LogP contribution in [0.3, 0.4) is 0 Å². The Morgan fingerprint density at radius 2 is 0.730 bits per heavy atom. The molecule has 14 rings (SSSR count). The second kappa shape index (κ2) is 55.2. The van der Waals surface area contributed by atoms with Gasteiger partial charge in [-0.15, -0.1) is 0 Å². The van der Waals surface area contributed by atoms with Gasteiger partial charge < -0.3 is 29.6 Å². The van der Waals surface area contributed by atoms with E-state index in [1.807, 2.05) is 137 Å². The molecule has 6 aliphatic rings. The van der Waals surface area contributed by atoms with Crippen molar-refractivity contribution in [2.24, 2.45) is 23.5 Å². The van der Waals surface area contributed by atoms with Gasteiger partial charge in [-0.3, -0.25) is 19.6 Å². The number of ether oxygens (including phenoxy) is 4. The second-order valence-electron chi connectivity index (χ2n) is 43.2. The van der Waals surface area contributed by atoms with Crippen molar-refractivity contribution in [1.82, 2.24) is 24.5 Å². The van der Waals surface area contributed by atoms with Crippen LogP contribution in [0.15, 0.2) is 247 Å². The maximum atomic E-state index is 13.4. The molecule has 137 heavy (non-hydrogen) atoms. The Morgan fingerprint density at radius 3 is 1.10 bits per heavy atom. The van der Waals surface area contributed by atoms with Crippen molar-refractivity contribution in [2.45, 2.75) is 309 Å². The maximum Gasteiger partial charge on any atom is 0.391 e. The number of alkyl halides is 3. The summed E-state index contributed by atoms with van der Waals surface area (Å²) in [6.45, 7) is 53.6. The molecule has 17 heteroatoms. The molecule has 8 aromatic carbocycles. The summed E-state index contributed by atoms with van der Waals surface area (Å²) in [7, 11) is 1.73. The molecule has 10 nitrogen and oxygen atoms in total. The van der Waals surface area contributed by atoms with Crippen molar-refractivity contribution in [3.8, 4) is 11.5 Å². The van der Waals surface area contributed by atoms with Gasteiger partial charge in [-0.1, -0.05) is 267 Å². The Morgan fingerprint density at radius 1 is 0.394 bits per heavy atom. The van der Waals surface area contributed by atoms with Crippen molar-refractivity contribution in [3.63, 3.8) is 0 Å². The number of allylic oxidation sites excluding steroid dienone is 3. The van der Waals surface area contributed by atoms with Gasteiger partial charge in [0, 0.05) is 98.9 Å². The van der Waals surface area contributed by atoms with Crippen molar-refractivity contribution in [2.75, 3.05) is 99.0 Å². The Balaban J connectivity index is 0.000000191. The molecule has 6 fully saturated rings. The molecular weight excluding hydrogens is 1760 g/mol. The molecule has 0 radical (unpaired) electrons. The number of para-hydroxylation sites is 1. The number of nitrogens with two attached hydrogens (primary N) is 1. The molecule has 0 spiro atoms. The van der Waals surface area contributed by atoms with Gasteiger partial charge in [0.05, 0.1) is 13.0 Å². The molecule has 8 aromatic rings. The quantitative estimate of drug-likeness (QED) is 0.0335. The monoisotopic (exact) mass is 1920 g/mol. The van der Waals surface area contributed by atoms with E-state index in [4.69, 9.17) is 47.9 Å². The van der Waals surface area contributed by atoms with E-state index in [0.717, 1.165) is 119 Å². The van der Waals surface area contributed by atoms with Crippen molar-refractivity contribution in [1.29, 1.82) is 0 Å². The first-order valence-electron chi connectivity index (χ1n) is 51.3. The highest BCUT2D eigenvalue weighted by Crippen LogP contribution is 2.44. The normalized spacial score (nSPS) is 18.1. The van der Waals surface area contributed by atoms with Crippen LogP contribution in [0.4, 0.5) is 22.0 Å². The van der Waals surface area contributed by atoms with Crippen LogP contribution in [0.25, 0.3) is 0 Å². The lowest BCUT2D eigenvalue weighted by Gasteiger charge is -2.43. The highest BCUT2D eigenvalue weighted by atomic mass is 35.5. The van der Waals surface area contributed by atoms with E-state index in [9.17, 15) is 22.0 Å². The first kappa shape index (κ1) is 113. The largest absolute Gasteiger partial charge is 0.497 e. The fraction of sp³-hybridized carbons (Fsp3) is 0.550. The summed E-state index contributed by atoms with van der Waals surface area (Å²) in [6.07, 6.45) is 21.2. The SMILES string of the molecule is CC(C)(CC(N)c1ccccc1)c1ccc(Cl)cc1.CC(C)=CC(CC(C)(C)c1ccc(Cl)cc1)N1CCC(C(F)(F)F)CC1.CC(C)=CC(CC(C)(C)c1ccc(F)cc1)N1CCC(N2CCCC2)CC1.CC(C)=CC(CC(C)(C)c1ccc(F)cc1)N1CCC(Oc2ccccc2)CC1.CCOCC.COc1ccc(C(C)(C)CC(c2ccccc2)N2CCC(C3CCOCC3)CC2)cc1. The fourth-order valence-corrected chi connectivity index (χ4v) is 21.4. The van der Waals surface area contributed by atoms with Gasteiger partial charge in [-0.2, -0.15) is 13.2 Å². The minimum Gasteiger partial charge on any atom is -0.497 e. The van der Waals surface area contributed by atoms with Gasteiger partial charge in [-0.25, -0.2) is 8.78 Å². The van der Waals surface area contributed by atoms with Crippen LogP contribution in [0.2, 0.25) is 10.0 Å². The summed E-state index contributed by atoms with van der Waals surface area (Å²) in [4.78, 5) is 13.0. The summed E-state index contributed by atoms with van der Waals surface area (Å²) >= 11 is 11.9. The van der Waals surface area contributed by atoms with Gasteiger partial charge in [0.1, 0.15) is 29.2 Å². The summed E-state index contributed by atoms with van der Waals surface area (Å²) in [5.74, 6) is 2.16. The van der Waals surface area contributed by atoms with Gasteiger partial charge >= 0.3 is 6.18 Å². The van der Waals surface area contributed by atoms with E-state index in [-0.39, 0.29) is 69.7 Å². The zero-order valence-electron chi connectivity index (χ0n) is 86.7. The zero-order valence-corrected chi connectivity index (χ0v) is 88.2. The van der Waals surface area contributed by atoms with Gasteiger partial charge in [0.15, 0.2) is 0 Å². The lowest BCUT2D eigenvalue weighted by molar-refractivity contribution is -0.185. The summed E-state index contributed by atoms with van der Waals surface area (Å²) in [5.41, 5.74) is 19.2. The predicted octanol–water partition coefficient (Wildman–Crippen LogP) is 30.4. The Hall–Kier alpha value is -7.51. The molecule has 0 saturated carbocycles. The number of rotatable bonds is 31. The number of piperidine rings is 4. The van der Waals surface area contributed by atoms with Crippen LogP contribution < -0.4 is 15.2 Å². The van der Waals surface area contributed by atoms with E-state index in [2.05, 4.69) is 219 Å². The summed E-state index contributed by atoms with van der Waals surface area (Å²) in [5, 5.41) is 1.48. The minimum absolute atomic E-state index is 0.0239. The summed E-state index contributed by atoms with van der Waals surface area (Å²) < 4.78 is 87.6. The van der Waals surface area contributed by atoms with Crippen LogP contribution in [0.5, 0.6) is 11.5 Å². The van der Waals surface area contributed by atoms with Crippen LogP contribution >= 0.6 is 23.2 Å². The van der Waals surface area contributed by atoms with Crippen LogP contribution in [-0.4, -0.2) is 160 Å². The molecule has 0 aromatic heterocycles. The van der Waals surface area contributed by atoms with Crippen LogP contribution in [0.1, 0.15) is 285 Å². The number of hydrogen-bond acceptors (Lipinski definition) is 10. The summed E-state index contributed by atoms with van der Waals surface area (Å²) in [6, 6.07) is 72.4. The average Bonchev–Trinajstić information content (AvgIpc) is 1.10. The van der Waals surface area contributed by atoms with E-state index in [1.54, 1.807) is 31.4 Å². The van der Waals surface area contributed by atoms with Gasteiger partial charge in [0.2, 0.25) is 0 Å². The Labute approximate surface area is 834 Å². The van der Waals surface area contributed by atoms with E-state index < -0.39 is 12.1 Å². The molecule has 752 valence electrons. The molecular formula is C120H169Cl2F5N6O4. The van der Waals surface area contributed by atoms with Gasteiger partial charge in [0.25, 0.3) is 0 Å². The molecule has 6 saturated heterocycles. The number of hydrogen-bond donors (Lipinski definition) is 1. The van der Waals surface area contributed by atoms with Crippen molar-refractivity contribution < 1.29 is 40.9 Å². The molecule has 6 aliphatic heterocycles. The predicted molar refractivity (Wildman–Crippen MR) is 567 cm³/mol. The average molecular weight is 1930 g/mol. The van der Waals surface area contributed by atoms with E-state index >= 15 is 0 Å².